The molecular weight excluding hydrogens is 460 g/mol. The number of halogens is 1. The Kier molecular flexibility index (Phi) is 5.53. The molecule has 2 fully saturated rings. The number of aromatic amines is 1. The predicted molar refractivity (Wildman–Crippen MR) is 138 cm³/mol. The molecule has 0 aliphatic heterocycles. The van der Waals surface area contributed by atoms with E-state index in [9.17, 15) is 9.59 Å². The van der Waals surface area contributed by atoms with Gasteiger partial charge in [0.05, 0.1) is 11.0 Å². The van der Waals surface area contributed by atoms with E-state index in [1.165, 1.54) is 19.3 Å². The van der Waals surface area contributed by atoms with Gasteiger partial charge in [0.15, 0.2) is 0 Å². The normalized spacial score (nSPS) is 20.8. The van der Waals surface area contributed by atoms with E-state index in [1.54, 1.807) is 24.3 Å². The number of aromatic nitrogens is 2. The molecule has 1 heterocycles. The van der Waals surface area contributed by atoms with E-state index in [2.05, 4.69) is 20.6 Å². The van der Waals surface area contributed by atoms with Crippen LogP contribution in [0.2, 0.25) is 5.02 Å². The minimum atomic E-state index is -0.200. The van der Waals surface area contributed by atoms with Crippen molar-refractivity contribution in [3.8, 4) is 11.4 Å². The molecule has 0 radical (unpaired) electrons. The Hall–Kier alpha value is -3.64. The van der Waals surface area contributed by atoms with Gasteiger partial charge in [-0.15, -0.1) is 0 Å². The molecule has 7 heteroatoms. The van der Waals surface area contributed by atoms with E-state index in [0.29, 0.717) is 39.6 Å². The highest BCUT2D eigenvalue weighted by molar-refractivity contribution is 6.30. The maximum atomic E-state index is 12.9. The van der Waals surface area contributed by atoms with E-state index in [0.717, 1.165) is 28.9 Å². The molecule has 2 amide bonds. The summed E-state index contributed by atoms with van der Waals surface area (Å²) in [5.41, 5.74) is 4.38. The van der Waals surface area contributed by atoms with Crippen molar-refractivity contribution in [2.45, 2.75) is 31.7 Å². The van der Waals surface area contributed by atoms with Crippen LogP contribution in [0.5, 0.6) is 0 Å². The van der Waals surface area contributed by atoms with Gasteiger partial charge in [-0.2, -0.15) is 0 Å². The molecule has 3 unspecified atom stereocenters. The molecule has 2 bridgehead atoms. The molecule has 0 spiro atoms. The predicted octanol–water partition coefficient (Wildman–Crippen LogP) is 6.05. The summed E-state index contributed by atoms with van der Waals surface area (Å²) >= 11 is 5.89. The first kappa shape index (κ1) is 21.9. The van der Waals surface area contributed by atoms with E-state index >= 15 is 0 Å². The van der Waals surface area contributed by atoms with Crippen LogP contribution in [0, 0.1) is 11.8 Å². The summed E-state index contributed by atoms with van der Waals surface area (Å²) < 4.78 is 0. The lowest BCUT2D eigenvalue weighted by atomic mass is 9.95. The van der Waals surface area contributed by atoms with Crippen molar-refractivity contribution < 1.29 is 9.59 Å². The van der Waals surface area contributed by atoms with Crippen LogP contribution in [0.25, 0.3) is 22.4 Å². The highest BCUT2D eigenvalue weighted by atomic mass is 35.5. The molecule has 6 nitrogen and oxygen atoms in total. The lowest BCUT2D eigenvalue weighted by Gasteiger charge is -2.22. The monoisotopic (exact) mass is 484 g/mol. The van der Waals surface area contributed by atoms with Gasteiger partial charge in [0.1, 0.15) is 5.82 Å². The van der Waals surface area contributed by atoms with Gasteiger partial charge in [0, 0.05) is 33.4 Å². The largest absolute Gasteiger partial charge is 0.349 e. The van der Waals surface area contributed by atoms with E-state index in [4.69, 9.17) is 11.6 Å². The Bertz CT molecular complexity index is 1410. The third-order valence-electron chi connectivity index (χ3n) is 7.32. The standard InChI is InChI=1S/C28H25ClN4O2/c29-21-8-3-18(4-9-21)27(34)30-22-10-5-17(6-11-22)26-31-23-12-7-20(15-25(23)32-26)28(35)33-24-14-16-1-2-19(24)13-16/h3-12,15-16,19,24H,1-2,13-14H2,(H,30,34)(H,31,32)(H,33,35). The molecule has 1 aromatic heterocycles. The number of imidazole rings is 1. The number of H-pyrrole nitrogens is 1. The van der Waals surface area contributed by atoms with Crippen molar-refractivity contribution in [1.29, 1.82) is 0 Å². The van der Waals surface area contributed by atoms with Crippen molar-refractivity contribution in [2.75, 3.05) is 5.32 Å². The Morgan fingerprint density at radius 1 is 0.886 bits per heavy atom. The summed E-state index contributed by atoms with van der Waals surface area (Å²) in [6.07, 6.45) is 4.93. The number of nitrogens with zero attached hydrogens (tertiary/aromatic N) is 1. The number of carbonyl (C=O) groups is 2. The minimum Gasteiger partial charge on any atom is -0.349 e. The third kappa shape index (κ3) is 4.42. The Labute approximate surface area is 208 Å². The number of nitrogens with one attached hydrogen (secondary N) is 3. The maximum Gasteiger partial charge on any atom is 0.255 e. The van der Waals surface area contributed by atoms with Crippen LogP contribution >= 0.6 is 11.6 Å². The van der Waals surface area contributed by atoms with E-state index < -0.39 is 0 Å². The van der Waals surface area contributed by atoms with Crippen LogP contribution in [0.1, 0.15) is 46.4 Å². The molecular formula is C28H25ClN4O2. The highest BCUT2D eigenvalue weighted by Gasteiger charge is 2.40. The van der Waals surface area contributed by atoms with Crippen LogP contribution in [-0.2, 0) is 0 Å². The average Bonchev–Trinajstić information content (AvgIpc) is 3.60. The molecule has 4 aromatic rings. The van der Waals surface area contributed by atoms with Gasteiger partial charge in [0.25, 0.3) is 11.8 Å². The second-order valence-corrected chi connectivity index (χ2v) is 10.0. The second-order valence-electron chi connectivity index (χ2n) is 9.61. The first-order valence-electron chi connectivity index (χ1n) is 12.0. The summed E-state index contributed by atoms with van der Waals surface area (Å²) in [5, 5.41) is 6.73. The number of anilines is 1. The zero-order valence-corrected chi connectivity index (χ0v) is 19.8. The fourth-order valence-corrected chi connectivity index (χ4v) is 5.60. The van der Waals surface area contributed by atoms with Crippen molar-refractivity contribution in [3.05, 3.63) is 82.9 Å². The molecule has 176 valence electrons. The quantitative estimate of drug-likeness (QED) is 0.322. The Balaban J connectivity index is 1.15. The number of fused-ring (bicyclic) bond motifs is 3. The fourth-order valence-electron chi connectivity index (χ4n) is 5.48. The van der Waals surface area contributed by atoms with Crippen molar-refractivity contribution >= 4 is 40.1 Å². The number of benzene rings is 3. The van der Waals surface area contributed by atoms with E-state index in [1.807, 2.05) is 42.5 Å². The number of hydrogen-bond acceptors (Lipinski definition) is 3. The SMILES string of the molecule is O=C(Nc1ccc(-c2nc3ccc(C(=O)NC4CC5CCC4C5)cc3[nH]2)cc1)c1ccc(Cl)cc1. The topological polar surface area (TPSA) is 86.9 Å². The highest BCUT2D eigenvalue weighted by Crippen LogP contribution is 2.44. The van der Waals surface area contributed by atoms with Gasteiger partial charge in [-0.1, -0.05) is 18.0 Å². The van der Waals surface area contributed by atoms with Crippen LogP contribution in [-0.4, -0.2) is 27.8 Å². The molecule has 35 heavy (non-hydrogen) atoms. The van der Waals surface area contributed by atoms with Crippen LogP contribution in [0.3, 0.4) is 0 Å². The summed E-state index contributed by atoms with van der Waals surface area (Å²) in [6.45, 7) is 0. The Morgan fingerprint density at radius 3 is 2.37 bits per heavy atom. The van der Waals surface area contributed by atoms with Gasteiger partial charge in [-0.3, -0.25) is 9.59 Å². The zero-order chi connectivity index (χ0) is 23.9. The van der Waals surface area contributed by atoms with Gasteiger partial charge in [0.2, 0.25) is 0 Å². The smallest absolute Gasteiger partial charge is 0.255 e. The summed E-state index contributed by atoms with van der Waals surface area (Å²) in [4.78, 5) is 33.3. The first-order valence-corrected chi connectivity index (χ1v) is 12.4. The lowest BCUT2D eigenvalue weighted by molar-refractivity contribution is 0.0922. The fraction of sp³-hybridized carbons (Fsp3) is 0.250. The lowest BCUT2D eigenvalue weighted by Crippen LogP contribution is -2.38. The first-order chi connectivity index (χ1) is 17.0. The number of carbonyl (C=O) groups excluding carboxylic acids is 2. The molecule has 3 atom stereocenters. The minimum absolute atomic E-state index is 0.0126. The summed E-state index contributed by atoms with van der Waals surface area (Å²) in [6, 6.07) is 20.1. The zero-order valence-electron chi connectivity index (χ0n) is 19.1. The second kappa shape index (κ2) is 8.86. The summed E-state index contributed by atoms with van der Waals surface area (Å²) in [7, 11) is 0. The maximum absolute atomic E-state index is 12.9. The van der Waals surface area contributed by atoms with Crippen molar-refractivity contribution in [2.24, 2.45) is 11.8 Å². The molecule has 3 aromatic carbocycles. The molecule has 3 N–H and O–H groups in total. The summed E-state index contributed by atoms with van der Waals surface area (Å²) in [5.74, 6) is 1.93. The number of amides is 2. The van der Waals surface area contributed by atoms with Crippen LogP contribution in [0.15, 0.2) is 66.7 Å². The molecule has 6 rings (SSSR count). The average molecular weight is 485 g/mol. The van der Waals surface area contributed by atoms with Crippen LogP contribution in [0.4, 0.5) is 5.69 Å². The molecule has 2 saturated carbocycles. The molecule has 2 aliphatic rings. The Morgan fingerprint density at radius 2 is 1.66 bits per heavy atom. The molecule has 0 saturated heterocycles. The molecule has 2 aliphatic carbocycles. The third-order valence-corrected chi connectivity index (χ3v) is 7.57. The van der Waals surface area contributed by atoms with Gasteiger partial charge in [-0.25, -0.2) is 4.98 Å². The van der Waals surface area contributed by atoms with Crippen LogP contribution < -0.4 is 10.6 Å². The van der Waals surface area contributed by atoms with Gasteiger partial charge < -0.3 is 15.6 Å². The van der Waals surface area contributed by atoms with Gasteiger partial charge >= 0.3 is 0 Å². The number of hydrogen-bond donors (Lipinski definition) is 3. The van der Waals surface area contributed by atoms with E-state index in [-0.39, 0.29) is 11.8 Å². The van der Waals surface area contributed by atoms with Gasteiger partial charge in [-0.05, 0) is 97.8 Å². The number of rotatable bonds is 5. The van der Waals surface area contributed by atoms with Crippen molar-refractivity contribution in [1.82, 2.24) is 15.3 Å². The van der Waals surface area contributed by atoms with Crippen molar-refractivity contribution in [3.63, 3.8) is 0 Å².